The van der Waals surface area contributed by atoms with Crippen molar-refractivity contribution in [2.45, 2.75) is 26.8 Å². The molecule has 4 aromatic rings. The zero-order valence-electron chi connectivity index (χ0n) is 19.1. The second-order valence-corrected chi connectivity index (χ2v) is 8.27. The van der Waals surface area contributed by atoms with Gasteiger partial charge in [-0.05, 0) is 70.4 Å². The molecule has 0 spiro atoms. The molecule has 172 valence electrons. The van der Waals surface area contributed by atoms with E-state index in [4.69, 9.17) is 4.42 Å². The minimum absolute atomic E-state index is 0.135. The Labute approximate surface area is 190 Å². The first kappa shape index (κ1) is 22.5. The number of nitrogens with one attached hydrogen (secondary N) is 1. The molecule has 0 radical (unpaired) electrons. The highest BCUT2D eigenvalue weighted by Crippen LogP contribution is 2.21. The number of rotatable bonds is 7. The normalized spacial score (nSPS) is 11.5. The zero-order valence-corrected chi connectivity index (χ0v) is 19.1. The van der Waals surface area contributed by atoms with Gasteiger partial charge in [0.15, 0.2) is 5.58 Å². The molecule has 0 bridgehead atoms. The molecule has 4 rings (SSSR count). The Morgan fingerprint density at radius 3 is 2.58 bits per heavy atom. The van der Waals surface area contributed by atoms with Gasteiger partial charge in [0.2, 0.25) is 5.91 Å². The number of anilines is 1. The van der Waals surface area contributed by atoms with E-state index in [0.717, 1.165) is 22.6 Å². The number of fused-ring (bicyclic) bond motifs is 1. The third kappa shape index (κ3) is 4.73. The van der Waals surface area contributed by atoms with Crippen molar-refractivity contribution in [2.75, 3.05) is 26.0 Å². The standard InChI is InChI=1S/C24H26FN5O3/c1-15-20(16(2)30(27-15)19-8-5-17(25)6-9-19)14-23(31)26-18-7-10-22-21(13-18)29(24(32)33-22)12-11-28(3)4/h5-10,13H,11-12,14H2,1-4H3,(H,26,31). The SMILES string of the molecule is Cc1nn(-c2ccc(F)cc2)c(C)c1CC(=O)Nc1ccc2oc(=O)n(CCN(C)C)c2c1. The molecule has 9 heteroatoms. The van der Waals surface area contributed by atoms with Crippen molar-refractivity contribution < 1.29 is 13.6 Å². The summed E-state index contributed by atoms with van der Waals surface area (Å²) in [6.45, 7) is 4.89. The molecule has 0 aliphatic carbocycles. The van der Waals surface area contributed by atoms with Crippen LogP contribution in [0.25, 0.3) is 16.8 Å². The highest BCUT2D eigenvalue weighted by atomic mass is 19.1. The smallest absolute Gasteiger partial charge is 0.408 e. The molecule has 1 amide bonds. The molecule has 0 saturated carbocycles. The number of carbonyl (C=O) groups excluding carboxylic acids is 1. The first-order valence-corrected chi connectivity index (χ1v) is 10.6. The van der Waals surface area contributed by atoms with Gasteiger partial charge in [0.25, 0.3) is 0 Å². The zero-order chi connectivity index (χ0) is 23.7. The summed E-state index contributed by atoms with van der Waals surface area (Å²) in [5.41, 5.74) is 4.77. The van der Waals surface area contributed by atoms with Crippen LogP contribution < -0.4 is 11.1 Å². The summed E-state index contributed by atoms with van der Waals surface area (Å²) in [6, 6.07) is 11.2. The Hall–Kier alpha value is -3.72. The van der Waals surface area contributed by atoms with E-state index >= 15 is 0 Å². The quantitative estimate of drug-likeness (QED) is 0.466. The lowest BCUT2D eigenvalue weighted by molar-refractivity contribution is -0.115. The number of hydrogen-bond donors (Lipinski definition) is 1. The van der Waals surface area contributed by atoms with Gasteiger partial charge in [0.05, 0.1) is 23.3 Å². The number of benzene rings is 2. The maximum absolute atomic E-state index is 13.3. The van der Waals surface area contributed by atoms with E-state index in [0.29, 0.717) is 29.9 Å². The molecule has 2 aromatic heterocycles. The Morgan fingerprint density at radius 1 is 1.15 bits per heavy atom. The number of amides is 1. The number of hydrogen-bond acceptors (Lipinski definition) is 5. The molecule has 0 aliphatic rings. The van der Waals surface area contributed by atoms with Gasteiger partial charge in [-0.3, -0.25) is 9.36 Å². The van der Waals surface area contributed by atoms with Crippen LogP contribution in [0, 0.1) is 19.7 Å². The van der Waals surface area contributed by atoms with Gasteiger partial charge in [-0.1, -0.05) is 0 Å². The van der Waals surface area contributed by atoms with Gasteiger partial charge in [-0.25, -0.2) is 13.9 Å². The summed E-state index contributed by atoms with van der Waals surface area (Å²) in [5.74, 6) is -0.943. The average molecular weight is 452 g/mol. The molecule has 0 atom stereocenters. The number of aromatic nitrogens is 3. The van der Waals surface area contributed by atoms with E-state index in [9.17, 15) is 14.0 Å². The Balaban J connectivity index is 1.54. The van der Waals surface area contributed by atoms with Crippen LogP contribution in [0.2, 0.25) is 0 Å². The number of likely N-dealkylation sites (N-methyl/N-ethyl adjacent to an activating group) is 1. The molecule has 0 aliphatic heterocycles. The molecule has 33 heavy (non-hydrogen) atoms. The van der Waals surface area contributed by atoms with E-state index in [-0.39, 0.29) is 18.1 Å². The van der Waals surface area contributed by atoms with Gasteiger partial charge >= 0.3 is 5.76 Å². The van der Waals surface area contributed by atoms with Gasteiger partial charge in [0.1, 0.15) is 5.82 Å². The van der Waals surface area contributed by atoms with Gasteiger partial charge in [-0.15, -0.1) is 0 Å². The van der Waals surface area contributed by atoms with Crippen molar-refractivity contribution >= 4 is 22.7 Å². The van der Waals surface area contributed by atoms with Crippen molar-refractivity contribution in [3.63, 3.8) is 0 Å². The van der Waals surface area contributed by atoms with E-state index in [2.05, 4.69) is 10.4 Å². The fourth-order valence-electron chi connectivity index (χ4n) is 3.78. The Bertz CT molecular complexity index is 1370. The van der Waals surface area contributed by atoms with Crippen LogP contribution in [0.3, 0.4) is 0 Å². The minimum atomic E-state index is -0.421. The maximum Gasteiger partial charge on any atom is 0.419 e. The first-order chi connectivity index (χ1) is 15.7. The van der Waals surface area contributed by atoms with Crippen molar-refractivity contribution in [1.29, 1.82) is 0 Å². The molecular formula is C24H26FN5O3. The molecule has 0 unspecified atom stereocenters. The lowest BCUT2D eigenvalue weighted by atomic mass is 10.1. The third-order valence-corrected chi connectivity index (χ3v) is 5.57. The summed E-state index contributed by atoms with van der Waals surface area (Å²) in [4.78, 5) is 27.0. The molecule has 2 heterocycles. The van der Waals surface area contributed by atoms with E-state index in [1.165, 1.54) is 12.1 Å². The van der Waals surface area contributed by atoms with Crippen LogP contribution >= 0.6 is 0 Å². The summed E-state index contributed by atoms with van der Waals surface area (Å²) < 4.78 is 21.8. The number of nitrogens with zero attached hydrogens (tertiary/aromatic N) is 4. The molecule has 0 fully saturated rings. The third-order valence-electron chi connectivity index (χ3n) is 5.57. The average Bonchev–Trinajstić information content (AvgIpc) is 3.22. The number of halogens is 1. The molecular weight excluding hydrogens is 425 g/mol. The van der Waals surface area contributed by atoms with Crippen molar-refractivity contribution in [1.82, 2.24) is 19.2 Å². The maximum atomic E-state index is 13.3. The lowest BCUT2D eigenvalue weighted by Gasteiger charge is -2.10. The summed E-state index contributed by atoms with van der Waals surface area (Å²) in [7, 11) is 3.86. The van der Waals surface area contributed by atoms with E-state index < -0.39 is 5.76 Å². The van der Waals surface area contributed by atoms with Gasteiger partial charge < -0.3 is 14.6 Å². The second kappa shape index (κ2) is 9.03. The van der Waals surface area contributed by atoms with E-state index in [1.54, 1.807) is 39.6 Å². The Kier molecular flexibility index (Phi) is 6.15. The second-order valence-electron chi connectivity index (χ2n) is 8.27. The van der Waals surface area contributed by atoms with Crippen LogP contribution in [-0.2, 0) is 17.8 Å². The number of aryl methyl sites for hydroxylation is 1. The summed E-state index contributed by atoms with van der Waals surface area (Å²) in [6.07, 6.45) is 0.135. The molecule has 0 saturated heterocycles. The fourth-order valence-corrected chi connectivity index (χ4v) is 3.78. The van der Waals surface area contributed by atoms with E-state index in [1.807, 2.05) is 32.8 Å². The van der Waals surface area contributed by atoms with Gasteiger partial charge in [-0.2, -0.15) is 5.10 Å². The minimum Gasteiger partial charge on any atom is -0.408 e. The van der Waals surface area contributed by atoms with Crippen LogP contribution in [0.1, 0.15) is 17.0 Å². The van der Waals surface area contributed by atoms with Gasteiger partial charge in [0, 0.05) is 30.0 Å². The molecule has 2 aromatic carbocycles. The van der Waals surface area contributed by atoms with Crippen molar-refractivity contribution in [3.8, 4) is 5.69 Å². The topological polar surface area (TPSA) is 85.3 Å². The predicted molar refractivity (Wildman–Crippen MR) is 124 cm³/mol. The van der Waals surface area contributed by atoms with Crippen molar-refractivity contribution in [2.24, 2.45) is 0 Å². The van der Waals surface area contributed by atoms with Crippen LogP contribution in [-0.4, -0.2) is 45.8 Å². The lowest BCUT2D eigenvalue weighted by Crippen LogP contribution is -2.23. The largest absolute Gasteiger partial charge is 0.419 e. The number of carbonyl (C=O) groups is 1. The molecule has 8 nitrogen and oxygen atoms in total. The van der Waals surface area contributed by atoms with Crippen LogP contribution in [0.4, 0.5) is 10.1 Å². The predicted octanol–water partition coefficient (Wildman–Crippen LogP) is 3.28. The highest BCUT2D eigenvalue weighted by Gasteiger charge is 2.17. The van der Waals surface area contributed by atoms with Crippen molar-refractivity contribution in [3.05, 3.63) is 75.8 Å². The van der Waals surface area contributed by atoms with Crippen LogP contribution in [0.15, 0.2) is 51.7 Å². The fraction of sp³-hybridized carbons (Fsp3) is 0.292. The Morgan fingerprint density at radius 2 is 1.88 bits per heavy atom. The molecule has 1 N–H and O–H groups in total. The summed E-state index contributed by atoms with van der Waals surface area (Å²) in [5, 5.41) is 7.42. The number of oxazole rings is 1. The summed E-state index contributed by atoms with van der Waals surface area (Å²) >= 11 is 0. The first-order valence-electron chi connectivity index (χ1n) is 10.6. The van der Waals surface area contributed by atoms with Crippen LogP contribution in [0.5, 0.6) is 0 Å². The monoisotopic (exact) mass is 451 g/mol. The highest BCUT2D eigenvalue weighted by molar-refractivity contribution is 5.94.